The molecule has 0 radical (unpaired) electrons. The minimum absolute atomic E-state index is 0.0347. The molecule has 9 heterocycles. The van der Waals surface area contributed by atoms with E-state index in [1.807, 2.05) is 83.7 Å². The van der Waals surface area contributed by atoms with Gasteiger partial charge in [0.1, 0.15) is 28.3 Å². The van der Waals surface area contributed by atoms with Gasteiger partial charge in [-0.3, -0.25) is 0 Å². The van der Waals surface area contributed by atoms with E-state index < -0.39 is 5.60 Å². The number of anilines is 2. The fourth-order valence-corrected chi connectivity index (χ4v) is 8.22. The normalized spacial score (nSPS) is 15.8. The Morgan fingerprint density at radius 3 is 1.68 bits per heavy atom. The van der Waals surface area contributed by atoms with Gasteiger partial charge in [0.15, 0.2) is 0 Å². The second-order valence-corrected chi connectivity index (χ2v) is 17.7. The number of aryl methyl sites for hydroxylation is 4. The molecule has 2 aliphatic rings. The maximum atomic E-state index is 12.5. The van der Waals surface area contributed by atoms with Crippen LogP contribution in [0.2, 0.25) is 0 Å². The number of H-pyrrole nitrogens is 2. The lowest BCUT2D eigenvalue weighted by Gasteiger charge is -2.34. The lowest BCUT2D eigenvalue weighted by atomic mass is 9.96. The molecule has 0 unspecified atom stereocenters. The van der Waals surface area contributed by atoms with Gasteiger partial charge >= 0.3 is 6.09 Å². The highest BCUT2D eigenvalue weighted by Crippen LogP contribution is 2.33. The van der Waals surface area contributed by atoms with Crippen molar-refractivity contribution in [3.63, 3.8) is 0 Å². The zero-order valence-electron chi connectivity index (χ0n) is 37.7. The van der Waals surface area contributed by atoms with Crippen molar-refractivity contribution in [2.75, 3.05) is 23.7 Å². The highest BCUT2D eigenvalue weighted by Gasteiger charge is 2.28. The number of fused-ring (bicyclic) bond motifs is 2. The van der Waals surface area contributed by atoms with Crippen molar-refractivity contribution < 1.29 is 18.6 Å². The summed E-state index contributed by atoms with van der Waals surface area (Å²) < 4.78 is 15.7. The number of nitrogens with zero attached hydrogens (tertiary/aromatic N) is 11. The van der Waals surface area contributed by atoms with E-state index in [2.05, 4.69) is 60.8 Å². The average Bonchev–Trinajstić information content (AvgIpc) is 4.12. The van der Waals surface area contributed by atoms with Crippen molar-refractivity contribution in [1.82, 2.24) is 65.1 Å². The van der Waals surface area contributed by atoms with Crippen LogP contribution in [0.15, 0.2) is 58.1 Å². The van der Waals surface area contributed by atoms with Crippen LogP contribution < -0.4 is 10.6 Å². The minimum atomic E-state index is -0.522. The maximum Gasteiger partial charge on any atom is 0.410 e. The third kappa shape index (κ3) is 9.78. The van der Waals surface area contributed by atoms with Crippen LogP contribution in [-0.2, 0) is 4.74 Å². The topological polar surface area (TPSA) is 240 Å². The Morgan fingerprint density at radius 1 is 0.677 bits per heavy atom. The lowest BCUT2D eigenvalue weighted by molar-refractivity contribution is 0.0206. The van der Waals surface area contributed by atoms with Crippen LogP contribution in [0.5, 0.6) is 0 Å². The second-order valence-electron chi connectivity index (χ2n) is 17.7. The molecule has 4 N–H and O–H groups in total. The number of carbonyl (C=O) groups excluding carboxylic acids is 1. The smallest absolute Gasteiger partial charge is 0.410 e. The van der Waals surface area contributed by atoms with Crippen molar-refractivity contribution in [1.29, 1.82) is 0 Å². The number of nitrogens with one attached hydrogen (secondary N) is 4. The standard InChI is InChI=1S/C25H30N8O3.C21H23N7O/c1-14-11-27-23(29-16-7-6-10-33(13-16)24(34)35-25(3,4)5)31-20(14)18-12-26-21-17(18)8-9-19(30-21)22-28-15(2)36-32-22;1-12-10-23-21(25-14-6-4-3-5-7-14)27-18(12)16-11-22-19-15(16)8-9-17(26-19)20-24-13(2)29-28-20/h8-9,11-12,16H,6-7,10,13H2,1-5H3,(H,26,30)(H,27,29,31);8-11,14H,3-7H2,1-2H3,(H,22,26)(H,23,25,27)/t16-;/m0./s1. The number of carbonyl (C=O) groups is 1. The van der Waals surface area contributed by atoms with Crippen molar-refractivity contribution in [3.05, 3.63) is 72.0 Å². The number of pyridine rings is 2. The minimum Gasteiger partial charge on any atom is -0.444 e. The van der Waals surface area contributed by atoms with Crippen molar-refractivity contribution in [2.24, 2.45) is 0 Å². The molecular weight excluding hydrogens is 827 g/mol. The second kappa shape index (κ2) is 18.1. The molecule has 0 aromatic carbocycles. The maximum absolute atomic E-state index is 12.5. The van der Waals surface area contributed by atoms with Gasteiger partial charge in [0.05, 0.1) is 11.4 Å². The molecule has 1 aliphatic heterocycles. The van der Waals surface area contributed by atoms with Crippen LogP contribution in [0.4, 0.5) is 16.7 Å². The first-order valence-corrected chi connectivity index (χ1v) is 22.1. The first-order chi connectivity index (χ1) is 31.3. The summed E-state index contributed by atoms with van der Waals surface area (Å²) in [5, 5.41) is 16.8. The lowest BCUT2D eigenvalue weighted by Crippen LogP contribution is -2.47. The molecule has 1 saturated heterocycles. The van der Waals surface area contributed by atoms with Crippen LogP contribution in [0.25, 0.3) is 67.6 Å². The summed E-state index contributed by atoms with van der Waals surface area (Å²) in [6, 6.07) is 8.26. The van der Waals surface area contributed by atoms with Gasteiger partial charge in [-0.15, -0.1) is 0 Å². The van der Waals surface area contributed by atoms with Gasteiger partial charge in [0.2, 0.25) is 35.3 Å². The Hall–Kier alpha value is -7.31. The summed E-state index contributed by atoms with van der Waals surface area (Å²) in [6.07, 6.45) is 15.3. The molecule has 336 valence electrons. The Bertz CT molecular complexity index is 2960. The van der Waals surface area contributed by atoms with Crippen molar-refractivity contribution >= 4 is 40.1 Å². The number of ether oxygens (including phenoxy) is 1. The van der Waals surface area contributed by atoms with E-state index >= 15 is 0 Å². The third-order valence-corrected chi connectivity index (χ3v) is 11.4. The molecule has 0 bridgehead atoms. The molecule has 8 aromatic rings. The molecule has 10 rings (SSSR count). The Balaban J connectivity index is 0.000000168. The van der Waals surface area contributed by atoms with Crippen LogP contribution >= 0.6 is 0 Å². The quantitative estimate of drug-likeness (QED) is 0.111. The molecular formula is C46H53N15O4. The predicted octanol–water partition coefficient (Wildman–Crippen LogP) is 8.93. The van der Waals surface area contributed by atoms with Gasteiger partial charge in [-0.05, 0) is 95.7 Å². The largest absolute Gasteiger partial charge is 0.444 e. The highest BCUT2D eigenvalue weighted by atomic mass is 16.6. The summed E-state index contributed by atoms with van der Waals surface area (Å²) in [5.74, 6) is 3.15. The zero-order chi connectivity index (χ0) is 45.2. The highest BCUT2D eigenvalue weighted by molar-refractivity contribution is 5.95. The van der Waals surface area contributed by atoms with Crippen molar-refractivity contribution in [2.45, 2.75) is 111 Å². The summed E-state index contributed by atoms with van der Waals surface area (Å²) >= 11 is 0. The Morgan fingerprint density at radius 2 is 1.18 bits per heavy atom. The van der Waals surface area contributed by atoms with Gasteiger partial charge in [0.25, 0.3) is 0 Å². The fourth-order valence-electron chi connectivity index (χ4n) is 8.22. The first kappa shape index (κ1) is 43.0. The molecule has 1 aliphatic carbocycles. The van der Waals surface area contributed by atoms with Gasteiger partial charge < -0.3 is 39.3 Å². The number of hydrogen-bond acceptors (Lipinski definition) is 16. The van der Waals surface area contributed by atoms with Gasteiger partial charge in [-0.1, -0.05) is 29.6 Å². The Labute approximate surface area is 375 Å². The molecule has 1 amide bonds. The summed E-state index contributed by atoms with van der Waals surface area (Å²) in [4.78, 5) is 57.2. The fraction of sp³-hybridized carbons (Fsp3) is 0.413. The average molecular weight is 880 g/mol. The molecule has 0 spiro atoms. The van der Waals surface area contributed by atoms with Crippen LogP contribution in [-0.4, -0.2) is 102 Å². The number of likely N-dealkylation sites (tertiary alicyclic amines) is 1. The van der Waals surface area contributed by atoms with E-state index in [1.54, 1.807) is 18.7 Å². The number of aromatic nitrogens is 12. The number of piperidine rings is 1. The molecule has 19 nitrogen and oxygen atoms in total. The van der Waals surface area contributed by atoms with E-state index in [0.29, 0.717) is 71.5 Å². The molecule has 65 heavy (non-hydrogen) atoms. The molecule has 8 aromatic heterocycles. The van der Waals surface area contributed by atoms with Crippen molar-refractivity contribution in [3.8, 4) is 45.6 Å². The van der Waals surface area contributed by atoms with E-state index in [0.717, 1.165) is 62.9 Å². The van der Waals surface area contributed by atoms with Crippen LogP contribution in [0.1, 0.15) is 88.6 Å². The van der Waals surface area contributed by atoms with E-state index in [9.17, 15) is 4.79 Å². The van der Waals surface area contributed by atoms with Crippen LogP contribution in [0.3, 0.4) is 0 Å². The number of hydrogen-bond donors (Lipinski definition) is 4. The molecule has 2 fully saturated rings. The number of amides is 1. The van der Waals surface area contributed by atoms with Gasteiger partial charge in [-0.25, -0.2) is 34.7 Å². The molecule has 19 heteroatoms. The first-order valence-electron chi connectivity index (χ1n) is 22.1. The molecule has 1 atom stereocenters. The van der Waals surface area contributed by atoms with E-state index in [4.69, 9.17) is 23.8 Å². The number of aromatic amines is 2. The zero-order valence-corrected chi connectivity index (χ0v) is 37.7. The van der Waals surface area contributed by atoms with Gasteiger partial charge in [0, 0.05) is 85.7 Å². The number of rotatable bonds is 8. The van der Waals surface area contributed by atoms with E-state index in [-0.39, 0.29) is 12.1 Å². The Kier molecular flexibility index (Phi) is 11.9. The SMILES string of the molecule is Cc1nc(-c2ccc3c(-c4nc(NC5CCCCC5)ncc4C)c[nH]c3n2)no1.Cc1nc(-c2ccc3c(-c4nc(N[C@H]5CCCN(C(=O)OC(C)(C)C)C5)ncc4C)c[nH]c3n2)no1. The molecule has 1 saturated carbocycles. The predicted molar refractivity (Wildman–Crippen MR) is 245 cm³/mol. The van der Waals surface area contributed by atoms with Gasteiger partial charge in [-0.2, -0.15) is 9.97 Å². The third-order valence-electron chi connectivity index (χ3n) is 11.4. The summed E-state index contributed by atoms with van der Waals surface area (Å²) in [5.41, 5.74) is 7.87. The van der Waals surface area contributed by atoms with E-state index in [1.165, 1.54) is 32.1 Å². The summed E-state index contributed by atoms with van der Waals surface area (Å²) in [6.45, 7) is 14.4. The summed E-state index contributed by atoms with van der Waals surface area (Å²) in [7, 11) is 0. The van der Waals surface area contributed by atoms with Crippen LogP contribution in [0, 0.1) is 27.7 Å². The monoisotopic (exact) mass is 879 g/mol.